The SMILES string of the molecule is CCC(CC)NC(=O)NCC(C)(O)c1ccsc1. The summed E-state index contributed by atoms with van der Waals surface area (Å²) >= 11 is 1.53. The van der Waals surface area contributed by atoms with E-state index in [1.807, 2.05) is 30.7 Å². The Morgan fingerprint density at radius 1 is 1.50 bits per heavy atom. The molecule has 1 aromatic rings. The molecule has 0 fully saturated rings. The number of amides is 2. The van der Waals surface area contributed by atoms with E-state index in [0.29, 0.717) is 0 Å². The second-order valence-corrected chi connectivity index (χ2v) is 5.41. The Morgan fingerprint density at radius 2 is 2.17 bits per heavy atom. The number of nitrogens with one attached hydrogen (secondary N) is 2. The quantitative estimate of drug-likeness (QED) is 0.743. The van der Waals surface area contributed by atoms with Crippen LogP contribution in [0, 0.1) is 0 Å². The van der Waals surface area contributed by atoms with E-state index in [1.165, 1.54) is 11.3 Å². The van der Waals surface area contributed by atoms with Crippen LogP contribution in [0.1, 0.15) is 39.2 Å². The third kappa shape index (κ3) is 4.31. The number of thiophene rings is 1. The molecule has 0 aliphatic rings. The maximum absolute atomic E-state index is 11.7. The number of hydrogen-bond acceptors (Lipinski definition) is 3. The van der Waals surface area contributed by atoms with Crippen molar-refractivity contribution in [1.82, 2.24) is 10.6 Å². The van der Waals surface area contributed by atoms with Crippen molar-refractivity contribution >= 4 is 17.4 Å². The number of urea groups is 1. The molecule has 4 nitrogen and oxygen atoms in total. The van der Waals surface area contributed by atoms with E-state index in [4.69, 9.17) is 0 Å². The van der Waals surface area contributed by atoms with Crippen molar-refractivity contribution in [2.45, 2.75) is 45.3 Å². The Balaban J connectivity index is 2.43. The smallest absolute Gasteiger partial charge is 0.315 e. The van der Waals surface area contributed by atoms with Gasteiger partial charge in [-0.15, -0.1) is 0 Å². The lowest BCUT2D eigenvalue weighted by molar-refractivity contribution is 0.0597. The average Bonchev–Trinajstić information content (AvgIpc) is 2.88. The minimum absolute atomic E-state index is 0.191. The average molecular weight is 270 g/mol. The van der Waals surface area contributed by atoms with E-state index in [9.17, 15) is 9.90 Å². The van der Waals surface area contributed by atoms with E-state index >= 15 is 0 Å². The van der Waals surface area contributed by atoms with Gasteiger partial charge in [0.1, 0.15) is 5.60 Å². The van der Waals surface area contributed by atoms with Crippen LogP contribution in [0.25, 0.3) is 0 Å². The highest BCUT2D eigenvalue weighted by Gasteiger charge is 2.24. The van der Waals surface area contributed by atoms with Crippen molar-refractivity contribution in [2.75, 3.05) is 6.54 Å². The number of carbonyl (C=O) groups is 1. The normalized spacial score (nSPS) is 14.3. The van der Waals surface area contributed by atoms with Crippen LogP contribution in [-0.2, 0) is 5.60 Å². The van der Waals surface area contributed by atoms with Gasteiger partial charge in [0.2, 0.25) is 0 Å². The Labute approximate surface area is 112 Å². The van der Waals surface area contributed by atoms with Crippen LogP contribution in [0.2, 0.25) is 0 Å². The molecule has 0 saturated carbocycles. The maximum Gasteiger partial charge on any atom is 0.315 e. The highest BCUT2D eigenvalue weighted by molar-refractivity contribution is 7.08. The summed E-state index contributed by atoms with van der Waals surface area (Å²) in [6, 6.07) is 1.83. The molecule has 0 radical (unpaired) electrons. The molecule has 1 atom stereocenters. The van der Waals surface area contributed by atoms with Gasteiger partial charge in [0, 0.05) is 6.04 Å². The highest BCUT2D eigenvalue weighted by atomic mass is 32.1. The Hall–Kier alpha value is -1.07. The van der Waals surface area contributed by atoms with Crippen LogP contribution < -0.4 is 10.6 Å². The molecule has 18 heavy (non-hydrogen) atoms. The molecule has 5 heteroatoms. The van der Waals surface area contributed by atoms with Crippen LogP contribution in [-0.4, -0.2) is 23.7 Å². The van der Waals surface area contributed by atoms with Crippen LogP contribution in [0.4, 0.5) is 4.79 Å². The van der Waals surface area contributed by atoms with Crippen LogP contribution >= 0.6 is 11.3 Å². The van der Waals surface area contributed by atoms with Crippen molar-refractivity contribution in [3.05, 3.63) is 22.4 Å². The molecule has 0 saturated heterocycles. The second kappa shape index (κ2) is 6.75. The first kappa shape index (κ1) is 15.0. The molecule has 1 aromatic heterocycles. The van der Waals surface area contributed by atoms with Crippen LogP contribution in [0.5, 0.6) is 0 Å². The molecule has 1 rings (SSSR count). The zero-order valence-electron chi connectivity index (χ0n) is 11.2. The summed E-state index contributed by atoms with van der Waals surface area (Å²) in [5.74, 6) is 0. The standard InChI is InChI=1S/C13H22N2O2S/c1-4-11(5-2)15-12(16)14-9-13(3,17)10-6-7-18-8-10/h6-8,11,17H,4-5,9H2,1-3H3,(H2,14,15,16). The molecule has 0 aliphatic carbocycles. The van der Waals surface area contributed by atoms with Gasteiger partial charge < -0.3 is 15.7 Å². The van der Waals surface area contributed by atoms with E-state index in [0.717, 1.165) is 18.4 Å². The zero-order chi connectivity index (χ0) is 13.6. The largest absolute Gasteiger partial charge is 0.384 e. The number of hydrogen-bond donors (Lipinski definition) is 3. The van der Waals surface area contributed by atoms with Gasteiger partial charge in [-0.2, -0.15) is 11.3 Å². The predicted octanol–water partition coefficient (Wildman–Crippen LogP) is 2.44. The highest BCUT2D eigenvalue weighted by Crippen LogP contribution is 2.21. The lowest BCUT2D eigenvalue weighted by atomic mass is 9.99. The first-order valence-corrected chi connectivity index (χ1v) is 7.23. The molecular formula is C13H22N2O2S. The summed E-state index contributed by atoms with van der Waals surface area (Å²) in [5.41, 5.74) is -0.194. The van der Waals surface area contributed by atoms with Crippen LogP contribution in [0.15, 0.2) is 16.8 Å². The van der Waals surface area contributed by atoms with Crippen molar-refractivity contribution in [3.63, 3.8) is 0 Å². The molecule has 102 valence electrons. The topological polar surface area (TPSA) is 61.4 Å². The minimum atomic E-state index is -1.02. The summed E-state index contributed by atoms with van der Waals surface area (Å²) in [6.45, 7) is 5.98. The lowest BCUT2D eigenvalue weighted by Crippen LogP contribution is -2.46. The summed E-state index contributed by atoms with van der Waals surface area (Å²) < 4.78 is 0. The fourth-order valence-corrected chi connectivity index (χ4v) is 2.44. The Kier molecular flexibility index (Phi) is 5.62. The number of rotatable bonds is 6. The fraction of sp³-hybridized carbons (Fsp3) is 0.615. The van der Waals surface area contributed by atoms with Gasteiger partial charge in [0.15, 0.2) is 0 Å². The van der Waals surface area contributed by atoms with Crippen molar-refractivity contribution < 1.29 is 9.90 Å². The molecule has 0 aliphatic heterocycles. The van der Waals surface area contributed by atoms with Crippen molar-refractivity contribution in [1.29, 1.82) is 0 Å². The monoisotopic (exact) mass is 270 g/mol. The third-order valence-electron chi connectivity index (χ3n) is 3.06. The Bertz CT molecular complexity index is 359. The number of carbonyl (C=O) groups excluding carboxylic acids is 1. The molecular weight excluding hydrogens is 248 g/mol. The van der Waals surface area contributed by atoms with Gasteiger partial charge in [0.25, 0.3) is 0 Å². The number of aliphatic hydroxyl groups is 1. The fourth-order valence-electron chi connectivity index (χ4n) is 1.65. The molecule has 1 heterocycles. The first-order valence-electron chi connectivity index (χ1n) is 6.29. The Morgan fingerprint density at radius 3 is 2.67 bits per heavy atom. The molecule has 1 unspecified atom stereocenters. The van der Waals surface area contributed by atoms with Gasteiger partial charge in [-0.3, -0.25) is 0 Å². The van der Waals surface area contributed by atoms with E-state index in [2.05, 4.69) is 10.6 Å². The second-order valence-electron chi connectivity index (χ2n) is 4.63. The van der Waals surface area contributed by atoms with Gasteiger partial charge in [-0.25, -0.2) is 4.79 Å². The summed E-state index contributed by atoms with van der Waals surface area (Å²) in [4.78, 5) is 11.7. The van der Waals surface area contributed by atoms with Gasteiger partial charge >= 0.3 is 6.03 Å². The summed E-state index contributed by atoms with van der Waals surface area (Å²) in [6.07, 6.45) is 1.82. The lowest BCUT2D eigenvalue weighted by Gasteiger charge is -2.24. The molecule has 0 spiro atoms. The molecule has 2 amide bonds. The van der Waals surface area contributed by atoms with Gasteiger partial charge in [0.05, 0.1) is 6.54 Å². The van der Waals surface area contributed by atoms with E-state index in [1.54, 1.807) is 6.92 Å². The van der Waals surface area contributed by atoms with Gasteiger partial charge in [-0.1, -0.05) is 13.8 Å². The van der Waals surface area contributed by atoms with Gasteiger partial charge in [-0.05, 0) is 42.2 Å². The van der Waals surface area contributed by atoms with Crippen molar-refractivity contribution in [2.24, 2.45) is 0 Å². The zero-order valence-corrected chi connectivity index (χ0v) is 12.0. The van der Waals surface area contributed by atoms with E-state index < -0.39 is 5.60 Å². The summed E-state index contributed by atoms with van der Waals surface area (Å²) in [5, 5.41) is 19.6. The summed E-state index contributed by atoms with van der Waals surface area (Å²) in [7, 11) is 0. The third-order valence-corrected chi connectivity index (χ3v) is 3.74. The van der Waals surface area contributed by atoms with E-state index in [-0.39, 0.29) is 18.6 Å². The minimum Gasteiger partial charge on any atom is -0.384 e. The first-order chi connectivity index (χ1) is 8.49. The molecule has 0 aromatic carbocycles. The van der Waals surface area contributed by atoms with Crippen molar-refractivity contribution in [3.8, 4) is 0 Å². The molecule has 3 N–H and O–H groups in total. The predicted molar refractivity (Wildman–Crippen MR) is 74.8 cm³/mol. The van der Waals surface area contributed by atoms with Crippen LogP contribution in [0.3, 0.4) is 0 Å². The molecule has 0 bridgehead atoms. The maximum atomic E-state index is 11.7.